The molecular formula is C22H17N3O6S. The fourth-order valence-corrected chi connectivity index (χ4v) is 4.69. The predicted molar refractivity (Wildman–Crippen MR) is 118 cm³/mol. The molecule has 0 atom stereocenters. The minimum absolute atomic E-state index is 0.00457. The van der Waals surface area contributed by atoms with Gasteiger partial charge in [-0.25, -0.2) is 0 Å². The van der Waals surface area contributed by atoms with Crippen molar-refractivity contribution in [3.63, 3.8) is 0 Å². The zero-order valence-electron chi connectivity index (χ0n) is 16.7. The van der Waals surface area contributed by atoms with Crippen LogP contribution in [0, 0.1) is 0 Å². The number of nitrogens with two attached hydrogens (primary N) is 2. The Balaban J connectivity index is 2.13. The van der Waals surface area contributed by atoms with Crippen LogP contribution in [0.2, 0.25) is 0 Å². The third-order valence-corrected chi connectivity index (χ3v) is 6.09. The Kier molecular flexibility index (Phi) is 4.83. The predicted octanol–water partition coefficient (Wildman–Crippen LogP) is 2.50. The molecule has 0 saturated heterocycles. The summed E-state index contributed by atoms with van der Waals surface area (Å²) in [6.45, 7) is 1.26. The molecule has 0 unspecified atom stereocenters. The molecule has 162 valence electrons. The molecule has 1 amide bonds. The van der Waals surface area contributed by atoms with Gasteiger partial charge in [0.15, 0.2) is 11.6 Å². The van der Waals surface area contributed by atoms with Gasteiger partial charge in [0.1, 0.15) is 4.90 Å². The number of nitrogens with one attached hydrogen (secondary N) is 1. The maximum atomic E-state index is 13.2. The van der Waals surface area contributed by atoms with Gasteiger partial charge in [-0.3, -0.25) is 18.9 Å². The third kappa shape index (κ3) is 3.22. The Labute approximate surface area is 182 Å². The molecule has 3 aromatic carbocycles. The van der Waals surface area contributed by atoms with E-state index in [4.69, 9.17) is 11.5 Å². The van der Waals surface area contributed by atoms with Crippen molar-refractivity contribution in [3.05, 3.63) is 70.8 Å². The highest BCUT2D eigenvalue weighted by atomic mass is 32.2. The van der Waals surface area contributed by atoms with Crippen LogP contribution >= 0.6 is 0 Å². The molecule has 4 rings (SSSR count). The monoisotopic (exact) mass is 451 g/mol. The lowest BCUT2D eigenvalue weighted by Gasteiger charge is -2.23. The van der Waals surface area contributed by atoms with Crippen LogP contribution in [-0.2, 0) is 14.9 Å². The summed E-state index contributed by atoms with van der Waals surface area (Å²) in [6, 6.07) is 11.8. The second-order valence-corrected chi connectivity index (χ2v) is 8.58. The SMILES string of the molecule is CC(=O)Nc1c(N)cccc1-c1cc2c(c(S(=O)(=O)O)c1N)C(=O)c1ccccc1C2=O. The summed E-state index contributed by atoms with van der Waals surface area (Å²) in [5.74, 6) is -1.81. The van der Waals surface area contributed by atoms with Crippen molar-refractivity contribution < 1.29 is 27.4 Å². The molecule has 0 saturated carbocycles. The highest BCUT2D eigenvalue weighted by Gasteiger charge is 2.37. The number of carbonyl (C=O) groups is 3. The zero-order valence-corrected chi connectivity index (χ0v) is 17.5. The fourth-order valence-electron chi connectivity index (χ4n) is 3.84. The van der Waals surface area contributed by atoms with Crippen LogP contribution in [0.5, 0.6) is 0 Å². The van der Waals surface area contributed by atoms with Gasteiger partial charge in [-0.15, -0.1) is 0 Å². The number of carbonyl (C=O) groups excluding carboxylic acids is 3. The Bertz CT molecular complexity index is 1460. The molecule has 6 N–H and O–H groups in total. The molecule has 0 aromatic heterocycles. The first kappa shape index (κ1) is 21.2. The molecule has 9 nitrogen and oxygen atoms in total. The topological polar surface area (TPSA) is 170 Å². The standard InChI is InChI=1S/C22H17N3O6S/c1-10(26)25-19-11(7-4-8-16(19)23)14-9-15-17(22(18(14)24)32(29,30)31)21(28)13-6-3-2-5-12(13)20(15)27/h2-9H,23-24H2,1H3,(H,25,26)(H,29,30,31). The molecule has 0 aliphatic heterocycles. The molecule has 1 aliphatic rings. The van der Waals surface area contributed by atoms with E-state index in [9.17, 15) is 27.4 Å². The molecule has 0 fully saturated rings. The first-order valence-corrected chi connectivity index (χ1v) is 10.7. The smallest absolute Gasteiger partial charge is 0.297 e. The average molecular weight is 451 g/mol. The van der Waals surface area contributed by atoms with Crippen LogP contribution < -0.4 is 16.8 Å². The number of hydrogen-bond donors (Lipinski definition) is 4. The summed E-state index contributed by atoms with van der Waals surface area (Å²) in [5.41, 5.74) is 11.6. The van der Waals surface area contributed by atoms with Gasteiger partial charge >= 0.3 is 0 Å². The lowest BCUT2D eigenvalue weighted by molar-refractivity contribution is -0.114. The summed E-state index contributed by atoms with van der Waals surface area (Å²) in [6.07, 6.45) is 0. The molecule has 0 heterocycles. The number of ketones is 2. The first-order chi connectivity index (χ1) is 15.0. The van der Waals surface area contributed by atoms with Crippen LogP contribution in [-0.4, -0.2) is 30.4 Å². The Morgan fingerprint density at radius 1 is 0.875 bits per heavy atom. The summed E-state index contributed by atoms with van der Waals surface area (Å²) in [7, 11) is -5.03. The summed E-state index contributed by atoms with van der Waals surface area (Å²) in [4.78, 5) is 37.1. The van der Waals surface area contributed by atoms with Gasteiger partial charge in [0, 0.05) is 34.7 Å². The van der Waals surface area contributed by atoms with Gasteiger partial charge in [0.05, 0.1) is 22.6 Å². The number of fused-ring (bicyclic) bond motifs is 2. The maximum Gasteiger partial charge on any atom is 0.297 e. The minimum atomic E-state index is -5.03. The van der Waals surface area contributed by atoms with Crippen molar-refractivity contribution in [1.82, 2.24) is 0 Å². The van der Waals surface area contributed by atoms with Gasteiger partial charge in [-0.05, 0) is 12.1 Å². The number of rotatable bonds is 3. The van der Waals surface area contributed by atoms with Crippen molar-refractivity contribution >= 4 is 44.7 Å². The molecule has 0 bridgehead atoms. The zero-order chi connectivity index (χ0) is 23.4. The van der Waals surface area contributed by atoms with Crippen molar-refractivity contribution in [2.24, 2.45) is 0 Å². The largest absolute Gasteiger partial charge is 0.397 e. The molecule has 32 heavy (non-hydrogen) atoms. The Morgan fingerprint density at radius 3 is 2.06 bits per heavy atom. The lowest BCUT2D eigenvalue weighted by Crippen LogP contribution is -2.25. The number of anilines is 3. The molecule has 0 radical (unpaired) electrons. The number of benzene rings is 3. The number of hydrogen-bond acceptors (Lipinski definition) is 7. The van der Waals surface area contributed by atoms with Crippen LogP contribution in [0.4, 0.5) is 17.1 Å². The Hall–Kier alpha value is -4.02. The second kappa shape index (κ2) is 7.29. The Morgan fingerprint density at radius 2 is 1.47 bits per heavy atom. The van der Waals surface area contributed by atoms with Crippen molar-refractivity contribution in [2.75, 3.05) is 16.8 Å². The van der Waals surface area contributed by atoms with E-state index >= 15 is 0 Å². The van der Waals surface area contributed by atoms with E-state index in [2.05, 4.69) is 5.32 Å². The van der Waals surface area contributed by atoms with Crippen LogP contribution in [0.1, 0.15) is 38.8 Å². The molecule has 10 heteroatoms. The average Bonchev–Trinajstić information content (AvgIpc) is 2.72. The highest BCUT2D eigenvalue weighted by molar-refractivity contribution is 7.86. The minimum Gasteiger partial charge on any atom is -0.397 e. The molecule has 3 aromatic rings. The van der Waals surface area contributed by atoms with E-state index in [1.54, 1.807) is 12.1 Å². The molecule has 1 aliphatic carbocycles. The number of amides is 1. The van der Waals surface area contributed by atoms with Crippen molar-refractivity contribution in [1.29, 1.82) is 0 Å². The van der Waals surface area contributed by atoms with Crippen LogP contribution in [0.3, 0.4) is 0 Å². The van der Waals surface area contributed by atoms with Crippen LogP contribution in [0.15, 0.2) is 53.4 Å². The summed E-state index contributed by atoms with van der Waals surface area (Å²) < 4.78 is 34.6. The van der Waals surface area contributed by atoms with Crippen LogP contribution in [0.25, 0.3) is 11.1 Å². The van der Waals surface area contributed by atoms with E-state index in [0.717, 1.165) is 0 Å². The van der Waals surface area contributed by atoms with Gasteiger partial charge < -0.3 is 16.8 Å². The fraction of sp³-hybridized carbons (Fsp3) is 0.0455. The summed E-state index contributed by atoms with van der Waals surface area (Å²) in [5, 5.41) is 2.56. The van der Waals surface area contributed by atoms with E-state index in [1.807, 2.05) is 0 Å². The second-order valence-electron chi connectivity index (χ2n) is 7.22. The number of para-hydroxylation sites is 1. The van der Waals surface area contributed by atoms with Gasteiger partial charge in [-0.1, -0.05) is 36.4 Å². The van der Waals surface area contributed by atoms with Gasteiger partial charge in [0.25, 0.3) is 10.1 Å². The molecular weight excluding hydrogens is 434 g/mol. The van der Waals surface area contributed by atoms with E-state index in [-0.39, 0.29) is 39.2 Å². The van der Waals surface area contributed by atoms with Crippen molar-refractivity contribution in [2.45, 2.75) is 11.8 Å². The normalized spacial score (nSPS) is 12.8. The molecule has 0 spiro atoms. The van der Waals surface area contributed by atoms with Crippen molar-refractivity contribution in [3.8, 4) is 11.1 Å². The maximum absolute atomic E-state index is 13.2. The van der Waals surface area contributed by atoms with E-state index in [1.165, 1.54) is 43.3 Å². The summed E-state index contributed by atoms with van der Waals surface area (Å²) >= 11 is 0. The quantitative estimate of drug-likeness (QED) is 0.272. The van der Waals surface area contributed by atoms with Gasteiger partial charge in [-0.2, -0.15) is 8.42 Å². The first-order valence-electron chi connectivity index (χ1n) is 9.31. The third-order valence-electron chi connectivity index (χ3n) is 5.15. The van der Waals surface area contributed by atoms with E-state index in [0.29, 0.717) is 0 Å². The lowest BCUT2D eigenvalue weighted by atomic mass is 9.82. The highest BCUT2D eigenvalue weighted by Crippen LogP contribution is 2.43. The van der Waals surface area contributed by atoms with Gasteiger partial charge in [0.2, 0.25) is 5.91 Å². The van der Waals surface area contributed by atoms with E-state index < -0.39 is 43.7 Å². The number of nitrogen functional groups attached to an aromatic ring is 2.